The number of nitrogens with two attached hydrogens (primary N) is 1. The normalized spacial score (nSPS) is 12.3. The molecule has 0 aliphatic heterocycles. The number of aryl methyl sites for hydroxylation is 1. The van der Waals surface area contributed by atoms with E-state index < -0.39 is 6.10 Å². The molecule has 1 aromatic heterocycles. The van der Waals surface area contributed by atoms with Gasteiger partial charge in [0.1, 0.15) is 12.4 Å². The Morgan fingerprint density at radius 1 is 1.28 bits per heavy atom. The van der Waals surface area contributed by atoms with Crippen molar-refractivity contribution in [2.45, 2.75) is 25.1 Å². The minimum atomic E-state index is -0.671. The Bertz CT molecular complexity index is 717. The van der Waals surface area contributed by atoms with Crippen LogP contribution in [0.2, 0.25) is 0 Å². The third kappa shape index (κ3) is 5.95. The molecule has 2 rings (SSSR count). The van der Waals surface area contributed by atoms with Crippen molar-refractivity contribution in [2.75, 3.05) is 25.2 Å². The summed E-state index contributed by atoms with van der Waals surface area (Å²) in [6.45, 7) is 3.95. The van der Waals surface area contributed by atoms with E-state index in [2.05, 4.69) is 9.97 Å². The molecule has 0 radical (unpaired) electrons. The van der Waals surface area contributed by atoms with Gasteiger partial charge in [-0.25, -0.2) is 9.97 Å². The highest BCUT2D eigenvalue weighted by atomic mass is 32.2. The van der Waals surface area contributed by atoms with Gasteiger partial charge >= 0.3 is 0 Å². The van der Waals surface area contributed by atoms with E-state index in [1.165, 1.54) is 11.8 Å². The fraction of sp³-hybridized carbons (Fsp3) is 0.333. The molecule has 1 heterocycles. The lowest BCUT2D eigenvalue weighted by atomic mass is 10.2. The van der Waals surface area contributed by atoms with Gasteiger partial charge in [-0.2, -0.15) is 0 Å². The zero-order chi connectivity index (χ0) is 18.2. The number of aliphatic hydroxyl groups is 1. The summed E-state index contributed by atoms with van der Waals surface area (Å²) < 4.78 is 11.0. The summed E-state index contributed by atoms with van der Waals surface area (Å²) in [5, 5.41) is 10.7. The second-order valence-electron chi connectivity index (χ2n) is 5.40. The Balaban J connectivity index is 1.90. The van der Waals surface area contributed by atoms with E-state index >= 15 is 0 Å². The molecule has 1 unspecified atom stereocenters. The van der Waals surface area contributed by atoms with Crippen molar-refractivity contribution in [1.29, 1.82) is 0 Å². The standard InChI is InChI=1S/C18H23N3O3S/c1-4-5-13-6-7-15(16(9-13)23-3)24-10-14(22)11-25-18-20-12(2)8-17(19)21-18/h4-9,14,22H,10-11H2,1-3H3,(H2,19,20,21)/b5-4+. The third-order valence-corrected chi connectivity index (χ3v) is 4.23. The van der Waals surface area contributed by atoms with Crippen molar-refractivity contribution in [3.05, 3.63) is 41.6 Å². The number of allylic oxidation sites excluding steroid dienone is 1. The maximum Gasteiger partial charge on any atom is 0.189 e. The molecular formula is C18H23N3O3S. The number of nitrogen functional groups attached to an aromatic ring is 1. The van der Waals surface area contributed by atoms with Crippen molar-refractivity contribution in [3.8, 4) is 11.5 Å². The third-order valence-electron chi connectivity index (χ3n) is 3.24. The number of anilines is 1. The van der Waals surface area contributed by atoms with Crippen molar-refractivity contribution < 1.29 is 14.6 Å². The highest BCUT2D eigenvalue weighted by Crippen LogP contribution is 2.29. The minimum Gasteiger partial charge on any atom is -0.493 e. The Hall–Kier alpha value is -2.25. The van der Waals surface area contributed by atoms with Crippen molar-refractivity contribution >= 4 is 23.7 Å². The van der Waals surface area contributed by atoms with Crippen LogP contribution in [-0.4, -0.2) is 40.6 Å². The lowest BCUT2D eigenvalue weighted by molar-refractivity contribution is 0.124. The number of rotatable bonds is 8. The molecule has 0 aliphatic rings. The molecule has 3 N–H and O–H groups in total. The first-order valence-electron chi connectivity index (χ1n) is 7.87. The van der Waals surface area contributed by atoms with Gasteiger partial charge < -0.3 is 20.3 Å². The van der Waals surface area contributed by atoms with E-state index in [0.717, 1.165) is 11.3 Å². The van der Waals surface area contributed by atoms with E-state index in [1.807, 2.05) is 44.2 Å². The fourth-order valence-electron chi connectivity index (χ4n) is 2.13. The quantitative estimate of drug-likeness (QED) is 0.552. The summed E-state index contributed by atoms with van der Waals surface area (Å²) >= 11 is 1.34. The zero-order valence-corrected chi connectivity index (χ0v) is 15.4. The van der Waals surface area contributed by atoms with Gasteiger partial charge in [-0.3, -0.25) is 0 Å². The second kappa shape index (κ2) is 9.29. The first kappa shape index (κ1) is 19.1. The molecule has 25 heavy (non-hydrogen) atoms. The van der Waals surface area contributed by atoms with Gasteiger partial charge in [0.25, 0.3) is 0 Å². The highest BCUT2D eigenvalue weighted by molar-refractivity contribution is 7.99. The lowest BCUT2D eigenvalue weighted by Gasteiger charge is -2.14. The molecule has 0 saturated heterocycles. The summed E-state index contributed by atoms with van der Waals surface area (Å²) in [5.74, 6) is 2.05. The van der Waals surface area contributed by atoms with E-state index in [9.17, 15) is 5.11 Å². The van der Waals surface area contributed by atoms with Gasteiger partial charge in [-0.05, 0) is 31.5 Å². The minimum absolute atomic E-state index is 0.146. The van der Waals surface area contributed by atoms with Crippen LogP contribution in [0.25, 0.3) is 6.08 Å². The predicted octanol–water partition coefficient (Wildman–Crippen LogP) is 2.94. The van der Waals surface area contributed by atoms with Gasteiger partial charge in [0.05, 0.1) is 13.2 Å². The summed E-state index contributed by atoms with van der Waals surface area (Å²) in [6.07, 6.45) is 3.26. The maximum atomic E-state index is 10.1. The second-order valence-corrected chi connectivity index (χ2v) is 6.39. The Morgan fingerprint density at radius 2 is 2.08 bits per heavy atom. The predicted molar refractivity (Wildman–Crippen MR) is 101 cm³/mol. The van der Waals surface area contributed by atoms with E-state index in [4.69, 9.17) is 15.2 Å². The highest BCUT2D eigenvalue weighted by Gasteiger charge is 2.11. The number of benzene rings is 1. The smallest absolute Gasteiger partial charge is 0.189 e. The van der Waals surface area contributed by atoms with E-state index in [1.54, 1.807) is 13.2 Å². The maximum absolute atomic E-state index is 10.1. The van der Waals surface area contributed by atoms with Crippen molar-refractivity contribution in [3.63, 3.8) is 0 Å². The van der Waals surface area contributed by atoms with E-state index in [-0.39, 0.29) is 6.61 Å². The van der Waals surface area contributed by atoms with Gasteiger partial charge in [-0.15, -0.1) is 0 Å². The van der Waals surface area contributed by atoms with Crippen LogP contribution < -0.4 is 15.2 Å². The SMILES string of the molecule is C/C=C/c1ccc(OCC(O)CSc2nc(C)cc(N)n2)c(OC)c1. The Morgan fingerprint density at radius 3 is 2.76 bits per heavy atom. The summed E-state index contributed by atoms with van der Waals surface area (Å²) in [7, 11) is 1.59. The summed E-state index contributed by atoms with van der Waals surface area (Å²) in [4.78, 5) is 8.40. The van der Waals surface area contributed by atoms with Crippen LogP contribution in [0, 0.1) is 6.92 Å². The Labute approximate surface area is 152 Å². The number of aromatic nitrogens is 2. The molecule has 0 aliphatic carbocycles. The van der Waals surface area contributed by atoms with Crippen molar-refractivity contribution in [1.82, 2.24) is 9.97 Å². The molecule has 1 atom stereocenters. The van der Waals surface area contributed by atoms with Crippen LogP contribution in [0.1, 0.15) is 18.2 Å². The molecule has 0 amide bonds. The number of nitrogens with zero attached hydrogens (tertiary/aromatic N) is 2. The van der Waals surface area contributed by atoms with Crippen LogP contribution in [0.15, 0.2) is 35.5 Å². The molecule has 1 aromatic carbocycles. The molecule has 0 bridgehead atoms. The molecule has 2 aromatic rings. The van der Waals surface area contributed by atoms with Gasteiger partial charge in [-0.1, -0.05) is 30.0 Å². The number of methoxy groups -OCH3 is 1. The largest absolute Gasteiger partial charge is 0.493 e. The van der Waals surface area contributed by atoms with Crippen LogP contribution >= 0.6 is 11.8 Å². The van der Waals surface area contributed by atoms with Gasteiger partial charge in [0.2, 0.25) is 0 Å². The number of aliphatic hydroxyl groups excluding tert-OH is 1. The molecule has 0 saturated carbocycles. The average Bonchev–Trinajstić information content (AvgIpc) is 2.58. The fourth-order valence-corrected chi connectivity index (χ4v) is 2.95. The first-order chi connectivity index (χ1) is 12.0. The number of hydrogen-bond donors (Lipinski definition) is 2. The Kier molecular flexibility index (Phi) is 7.09. The van der Waals surface area contributed by atoms with Gasteiger partial charge in [0, 0.05) is 17.5 Å². The van der Waals surface area contributed by atoms with Crippen LogP contribution in [0.5, 0.6) is 11.5 Å². The number of hydrogen-bond acceptors (Lipinski definition) is 7. The molecule has 7 heteroatoms. The first-order valence-corrected chi connectivity index (χ1v) is 8.86. The monoisotopic (exact) mass is 361 g/mol. The number of ether oxygens (including phenoxy) is 2. The number of thioether (sulfide) groups is 1. The topological polar surface area (TPSA) is 90.5 Å². The average molecular weight is 361 g/mol. The molecule has 0 fully saturated rings. The molecule has 0 spiro atoms. The molecule has 134 valence electrons. The molecule has 6 nitrogen and oxygen atoms in total. The van der Waals surface area contributed by atoms with Crippen LogP contribution in [0.4, 0.5) is 5.82 Å². The molecular weight excluding hydrogens is 338 g/mol. The summed E-state index contributed by atoms with van der Waals surface area (Å²) in [6, 6.07) is 7.35. The van der Waals surface area contributed by atoms with Crippen molar-refractivity contribution in [2.24, 2.45) is 0 Å². The zero-order valence-electron chi connectivity index (χ0n) is 14.6. The van der Waals surface area contributed by atoms with E-state index in [0.29, 0.717) is 28.2 Å². The van der Waals surface area contributed by atoms with Crippen LogP contribution in [0.3, 0.4) is 0 Å². The summed E-state index contributed by atoms with van der Waals surface area (Å²) in [5.41, 5.74) is 7.52. The lowest BCUT2D eigenvalue weighted by Crippen LogP contribution is -2.20. The van der Waals surface area contributed by atoms with Crippen LogP contribution in [-0.2, 0) is 0 Å². The van der Waals surface area contributed by atoms with Gasteiger partial charge in [0.15, 0.2) is 16.7 Å².